The van der Waals surface area contributed by atoms with Crippen molar-refractivity contribution in [2.45, 2.75) is 19.3 Å². The fraction of sp³-hybridized carbons (Fsp3) is 0.130. The van der Waals surface area contributed by atoms with E-state index in [1.807, 2.05) is 0 Å². The molecule has 0 aliphatic carbocycles. The molecule has 0 aromatic heterocycles. The number of rotatable bonds is 7. The second-order valence-corrected chi connectivity index (χ2v) is 6.75. The summed E-state index contributed by atoms with van der Waals surface area (Å²) in [5.41, 5.74) is 1.66. The fourth-order valence-corrected chi connectivity index (χ4v) is 3.01. The van der Waals surface area contributed by atoms with Crippen molar-refractivity contribution in [2.75, 3.05) is 5.32 Å². The van der Waals surface area contributed by atoms with E-state index < -0.39 is 23.5 Å². The Morgan fingerprint density at radius 2 is 1.67 bits per heavy atom. The molecule has 3 aromatic carbocycles. The van der Waals surface area contributed by atoms with Crippen LogP contribution in [0.5, 0.6) is 5.75 Å². The first-order valence-corrected chi connectivity index (χ1v) is 9.24. The Labute approximate surface area is 171 Å². The monoisotopic (exact) mass is 411 g/mol. The van der Waals surface area contributed by atoms with Crippen molar-refractivity contribution in [2.24, 2.45) is 0 Å². The molecule has 0 unspecified atom stereocenters. The van der Waals surface area contributed by atoms with Crippen LogP contribution >= 0.6 is 0 Å². The van der Waals surface area contributed by atoms with Crippen molar-refractivity contribution in [3.8, 4) is 16.9 Å². The van der Waals surface area contributed by atoms with Gasteiger partial charge in [-0.2, -0.15) is 0 Å². The Morgan fingerprint density at radius 1 is 0.933 bits per heavy atom. The number of hydrogen-bond donors (Lipinski definition) is 3. The van der Waals surface area contributed by atoms with Gasteiger partial charge in [0.2, 0.25) is 0 Å². The van der Waals surface area contributed by atoms with E-state index in [1.165, 1.54) is 18.2 Å². The molecule has 0 fully saturated rings. The maximum absolute atomic E-state index is 13.9. The molecular formula is C23H19F2NO4. The summed E-state index contributed by atoms with van der Waals surface area (Å²) in [6.07, 6.45) is 1.22. The Morgan fingerprint density at radius 3 is 2.33 bits per heavy atom. The van der Waals surface area contributed by atoms with Gasteiger partial charge in [-0.3, -0.25) is 9.59 Å². The van der Waals surface area contributed by atoms with Crippen molar-refractivity contribution in [3.05, 3.63) is 83.4 Å². The molecule has 0 aliphatic rings. The highest BCUT2D eigenvalue weighted by Gasteiger charge is 2.14. The number of phenolic OH excluding ortho intramolecular Hbond substituents is 1. The van der Waals surface area contributed by atoms with Gasteiger partial charge in [0.1, 0.15) is 17.4 Å². The van der Waals surface area contributed by atoms with Crippen molar-refractivity contribution in [3.63, 3.8) is 0 Å². The summed E-state index contributed by atoms with van der Waals surface area (Å²) >= 11 is 0. The zero-order valence-electron chi connectivity index (χ0n) is 15.9. The van der Waals surface area contributed by atoms with Gasteiger partial charge < -0.3 is 15.5 Å². The number of aryl methyl sites for hydroxylation is 1. The highest BCUT2D eigenvalue weighted by Crippen LogP contribution is 2.29. The van der Waals surface area contributed by atoms with Gasteiger partial charge in [0.15, 0.2) is 0 Å². The smallest absolute Gasteiger partial charge is 0.303 e. The molecule has 0 radical (unpaired) electrons. The SMILES string of the molecule is O=C(O)CCCc1ccc(NC(=O)c2ccc(-c3cc(F)ccc3F)cc2O)cc1. The van der Waals surface area contributed by atoms with Gasteiger partial charge in [-0.25, -0.2) is 8.78 Å². The summed E-state index contributed by atoms with van der Waals surface area (Å²) in [6, 6.07) is 13.9. The second kappa shape index (κ2) is 9.17. The molecular weight excluding hydrogens is 392 g/mol. The van der Waals surface area contributed by atoms with E-state index in [2.05, 4.69) is 5.32 Å². The first-order chi connectivity index (χ1) is 14.3. The molecule has 0 aliphatic heterocycles. The van der Waals surface area contributed by atoms with Crippen molar-refractivity contribution >= 4 is 17.6 Å². The third-order valence-corrected chi connectivity index (χ3v) is 4.55. The molecule has 0 saturated carbocycles. The van der Waals surface area contributed by atoms with Gasteiger partial charge >= 0.3 is 5.97 Å². The summed E-state index contributed by atoms with van der Waals surface area (Å²) in [6.45, 7) is 0. The fourth-order valence-electron chi connectivity index (χ4n) is 3.01. The molecule has 7 heteroatoms. The van der Waals surface area contributed by atoms with Crippen LogP contribution in [0.2, 0.25) is 0 Å². The molecule has 3 N–H and O–H groups in total. The third-order valence-electron chi connectivity index (χ3n) is 4.55. The van der Waals surface area contributed by atoms with Crippen LogP contribution < -0.4 is 5.32 Å². The Kier molecular flexibility index (Phi) is 6.41. The minimum atomic E-state index is -0.843. The van der Waals surface area contributed by atoms with E-state index in [0.717, 1.165) is 23.8 Å². The summed E-state index contributed by atoms with van der Waals surface area (Å²) < 4.78 is 27.3. The van der Waals surface area contributed by atoms with Gasteiger partial charge in [-0.1, -0.05) is 18.2 Å². The van der Waals surface area contributed by atoms with Gasteiger partial charge in [0, 0.05) is 17.7 Å². The minimum absolute atomic E-state index is 0.0129. The zero-order valence-corrected chi connectivity index (χ0v) is 15.9. The number of carboxylic acid groups (broad SMARTS) is 1. The van der Waals surface area contributed by atoms with Crippen LogP contribution in [0.15, 0.2) is 60.7 Å². The molecule has 1 amide bonds. The normalized spacial score (nSPS) is 10.6. The Bertz CT molecular complexity index is 1080. The Balaban J connectivity index is 1.70. The van der Waals surface area contributed by atoms with Crippen LogP contribution in [0.4, 0.5) is 14.5 Å². The highest BCUT2D eigenvalue weighted by molar-refractivity contribution is 6.06. The molecule has 0 saturated heterocycles. The molecule has 3 rings (SSSR count). The van der Waals surface area contributed by atoms with Crippen LogP contribution in [-0.2, 0) is 11.2 Å². The number of benzene rings is 3. The van der Waals surface area contributed by atoms with E-state index in [0.29, 0.717) is 18.5 Å². The second-order valence-electron chi connectivity index (χ2n) is 6.75. The molecule has 3 aromatic rings. The maximum Gasteiger partial charge on any atom is 0.303 e. The zero-order chi connectivity index (χ0) is 21.7. The quantitative estimate of drug-likeness (QED) is 0.511. The number of phenols is 1. The van der Waals surface area contributed by atoms with Gasteiger partial charge in [-0.05, 0) is 66.4 Å². The molecule has 30 heavy (non-hydrogen) atoms. The predicted molar refractivity (Wildman–Crippen MR) is 108 cm³/mol. The number of carbonyl (C=O) groups is 2. The van der Waals surface area contributed by atoms with Gasteiger partial charge in [0.05, 0.1) is 5.56 Å². The van der Waals surface area contributed by atoms with E-state index in [1.54, 1.807) is 24.3 Å². The standard InChI is InChI=1S/C23H19F2NO4/c24-16-7-11-20(25)19(13-16)15-6-10-18(21(27)12-15)23(30)26-17-8-4-14(5-9-17)2-1-3-22(28)29/h4-13,27H,1-3H2,(H,26,30)(H,28,29). The van der Waals surface area contributed by atoms with Crippen LogP contribution in [-0.4, -0.2) is 22.1 Å². The van der Waals surface area contributed by atoms with Crippen LogP contribution in [0.3, 0.4) is 0 Å². The summed E-state index contributed by atoms with van der Waals surface area (Å²) in [5, 5.41) is 21.5. The van der Waals surface area contributed by atoms with Gasteiger partial charge in [-0.15, -0.1) is 0 Å². The molecule has 0 atom stereocenters. The van der Waals surface area contributed by atoms with Gasteiger partial charge in [0.25, 0.3) is 5.91 Å². The molecule has 0 spiro atoms. The lowest BCUT2D eigenvalue weighted by Crippen LogP contribution is -2.12. The number of aromatic hydroxyl groups is 1. The van der Waals surface area contributed by atoms with Crippen LogP contribution in [0.25, 0.3) is 11.1 Å². The van der Waals surface area contributed by atoms with E-state index in [-0.39, 0.29) is 28.9 Å². The van der Waals surface area contributed by atoms with Crippen molar-refractivity contribution < 1.29 is 28.6 Å². The average molecular weight is 411 g/mol. The number of carboxylic acids is 1. The van der Waals surface area contributed by atoms with E-state index in [4.69, 9.17) is 5.11 Å². The number of anilines is 1. The topological polar surface area (TPSA) is 86.6 Å². The summed E-state index contributed by atoms with van der Waals surface area (Å²) in [7, 11) is 0. The molecule has 5 nitrogen and oxygen atoms in total. The number of halogens is 2. The molecule has 154 valence electrons. The maximum atomic E-state index is 13.9. The van der Waals surface area contributed by atoms with Crippen LogP contribution in [0.1, 0.15) is 28.8 Å². The third kappa shape index (κ3) is 5.20. The highest BCUT2D eigenvalue weighted by atomic mass is 19.1. The number of amides is 1. The average Bonchev–Trinajstić information content (AvgIpc) is 2.70. The van der Waals surface area contributed by atoms with E-state index in [9.17, 15) is 23.5 Å². The largest absolute Gasteiger partial charge is 0.507 e. The number of aliphatic carboxylic acids is 1. The minimum Gasteiger partial charge on any atom is -0.507 e. The predicted octanol–water partition coefficient (Wildman–Crippen LogP) is 5.00. The Hall–Kier alpha value is -3.74. The molecule has 0 bridgehead atoms. The number of nitrogens with one attached hydrogen (secondary N) is 1. The van der Waals surface area contributed by atoms with Crippen molar-refractivity contribution in [1.82, 2.24) is 0 Å². The van der Waals surface area contributed by atoms with Crippen LogP contribution in [0, 0.1) is 11.6 Å². The number of hydrogen-bond acceptors (Lipinski definition) is 3. The first kappa shape index (κ1) is 21.0. The first-order valence-electron chi connectivity index (χ1n) is 9.24. The number of carbonyl (C=O) groups excluding carboxylic acids is 1. The van der Waals surface area contributed by atoms with E-state index >= 15 is 0 Å². The lowest BCUT2D eigenvalue weighted by Gasteiger charge is -2.10. The lowest BCUT2D eigenvalue weighted by molar-refractivity contribution is -0.137. The summed E-state index contributed by atoms with van der Waals surface area (Å²) in [4.78, 5) is 23.0. The lowest BCUT2D eigenvalue weighted by atomic mass is 10.0. The van der Waals surface area contributed by atoms with Crippen molar-refractivity contribution in [1.29, 1.82) is 0 Å². The molecule has 0 heterocycles. The summed E-state index contributed by atoms with van der Waals surface area (Å²) in [5.74, 6) is -3.02.